The van der Waals surface area contributed by atoms with Crippen molar-refractivity contribution >= 4 is 50.1 Å². The molecule has 1 fully saturated rings. The van der Waals surface area contributed by atoms with Gasteiger partial charge in [0.1, 0.15) is 23.2 Å². The van der Waals surface area contributed by atoms with Crippen molar-refractivity contribution in [3.05, 3.63) is 43.8 Å². The monoisotopic (exact) mass is 521 g/mol. The van der Waals surface area contributed by atoms with Crippen LogP contribution < -0.4 is 4.72 Å². The molecule has 3 aliphatic rings. The van der Waals surface area contributed by atoms with Gasteiger partial charge in [-0.2, -0.15) is 19.4 Å². The second-order valence-corrected chi connectivity index (χ2v) is 13.4. The summed E-state index contributed by atoms with van der Waals surface area (Å²) in [5, 5.41) is 5.42. The van der Waals surface area contributed by atoms with E-state index in [1.165, 1.54) is 26.9 Å². The number of urea groups is 1. The number of hydrogen-bond acceptors (Lipinski definition) is 8. The van der Waals surface area contributed by atoms with Gasteiger partial charge in [0.2, 0.25) is 10.0 Å². The van der Waals surface area contributed by atoms with Crippen LogP contribution in [0.1, 0.15) is 40.9 Å². The molecule has 1 aliphatic carbocycles. The van der Waals surface area contributed by atoms with Gasteiger partial charge in [-0.3, -0.25) is 4.68 Å². The number of aromatic nitrogens is 3. The van der Waals surface area contributed by atoms with Gasteiger partial charge in [-0.1, -0.05) is 0 Å². The van der Waals surface area contributed by atoms with Crippen molar-refractivity contribution in [2.45, 2.75) is 52.2 Å². The van der Waals surface area contributed by atoms with Crippen LogP contribution in [0.15, 0.2) is 22.7 Å². The predicted octanol–water partition coefficient (Wildman–Crippen LogP) is 2.24. The smallest absolute Gasteiger partial charge is 0.275 e. The van der Waals surface area contributed by atoms with E-state index in [2.05, 4.69) is 14.8 Å². The summed E-state index contributed by atoms with van der Waals surface area (Å²) in [6.07, 6.45) is 6.37. The van der Waals surface area contributed by atoms with E-state index in [4.69, 9.17) is 0 Å². The Morgan fingerprint density at radius 3 is 2.62 bits per heavy atom. The van der Waals surface area contributed by atoms with E-state index >= 15 is 0 Å². The van der Waals surface area contributed by atoms with Crippen LogP contribution in [-0.2, 0) is 35.0 Å². The van der Waals surface area contributed by atoms with Gasteiger partial charge < -0.3 is 0 Å². The highest BCUT2D eigenvalue weighted by atomic mass is 32.3. The minimum Gasteiger partial charge on any atom is -0.275 e. The first-order valence-corrected chi connectivity index (χ1v) is 13.9. The largest absolute Gasteiger partial charge is 0.501 e. The van der Waals surface area contributed by atoms with Gasteiger partial charge in [-0.25, -0.2) is 22.9 Å². The molecule has 4 heterocycles. The SMILES string of the molecule is Cc1nc(C)c(C[N+]2=C3SC(S(=O)(=O)NC4(C)CC4)=CC3C(=O)N(Cc3cnn(C)c3)C2=O)s1. The quantitative estimate of drug-likeness (QED) is 0.555. The minimum absolute atomic E-state index is 0.0589. The average molecular weight is 522 g/mol. The van der Waals surface area contributed by atoms with Crippen molar-refractivity contribution in [2.24, 2.45) is 13.0 Å². The molecular weight excluding hydrogens is 496 g/mol. The van der Waals surface area contributed by atoms with E-state index in [-0.39, 0.29) is 17.3 Å². The van der Waals surface area contributed by atoms with E-state index in [0.717, 1.165) is 40.2 Å². The van der Waals surface area contributed by atoms with E-state index in [9.17, 15) is 18.0 Å². The first-order valence-electron chi connectivity index (χ1n) is 10.8. The lowest BCUT2D eigenvalue weighted by atomic mass is 10.1. The molecule has 13 heteroatoms. The van der Waals surface area contributed by atoms with Crippen LogP contribution in [0, 0.1) is 19.8 Å². The number of nitrogens with zero attached hydrogens (tertiary/aromatic N) is 5. The molecule has 2 aromatic rings. The zero-order valence-corrected chi connectivity index (χ0v) is 21.7. The van der Waals surface area contributed by atoms with Crippen molar-refractivity contribution in [2.75, 3.05) is 0 Å². The molecule has 0 aromatic carbocycles. The number of fused-ring (bicyclic) bond motifs is 1. The zero-order chi connectivity index (χ0) is 24.4. The van der Waals surface area contributed by atoms with E-state index in [1.54, 1.807) is 24.1 Å². The van der Waals surface area contributed by atoms with Crippen molar-refractivity contribution < 1.29 is 22.6 Å². The maximum atomic E-state index is 13.6. The maximum Gasteiger partial charge on any atom is 0.501 e. The maximum absolute atomic E-state index is 13.6. The molecule has 1 unspecified atom stereocenters. The highest BCUT2D eigenvalue weighted by Crippen LogP contribution is 2.42. The van der Waals surface area contributed by atoms with Crippen LogP contribution in [0.4, 0.5) is 4.79 Å². The molecular formula is C21H25N6O4S3+. The van der Waals surface area contributed by atoms with Crippen LogP contribution in [-0.4, -0.2) is 55.2 Å². The first-order chi connectivity index (χ1) is 16.0. The van der Waals surface area contributed by atoms with Crippen LogP contribution in [0.5, 0.6) is 0 Å². The molecule has 1 saturated carbocycles. The van der Waals surface area contributed by atoms with E-state index in [1.807, 2.05) is 20.8 Å². The number of sulfonamides is 1. The number of thiazole rings is 1. The molecule has 0 bridgehead atoms. The molecule has 5 rings (SSSR count). The van der Waals surface area contributed by atoms with Crippen LogP contribution in [0.2, 0.25) is 0 Å². The Bertz CT molecular complexity index is 1380. The van der Waals surface area contributed by atoms with E-state index in [0.29, 0.717) is 10.6 Å². The molecule has 1 N–H and O–H groups in total. The third-order valence-electron chi connectivity index (χ3n) is 6.08. The number of carbonyl (C=O) groups excluding carboxylic acids is 2. The highest BCUT2D eigenvalue weighted by Gasteiger charge is 2.53. The van der Waals surface area contributed by atoms with Gasteiger partial charge in [-0.15, -0.1) is 11.3 Å². The highest BCUT2D eigenvalue weighted by molar-refractivity contribution is 8.27. The topological polar surface area (TPSA) is 117 Å². The zero-order valence-electron chi connectivity index (χ0n) is 19.2. The Morgan fingerprint density at radius 2 is 2.03 bits per heavy atom. The number of rotatable bonds is 7. The van der Waals surface area contributed by atoms with Crippen molar-refractivity contribution in [1.29, 1.82) is 0 Å². The summed E-state index contributed by atoms with van der Waals surface area (Å²) < 4.78 is 32.0. The lowest BCUT2D eigenvalue weighted by Gasteiger charge is -2.23. The van der Waals surface area contributed by atoms with Gasteiger partial charge in [-0.05, 0) is 51.5 Å². The number of nitrogens with one attached hydrogen (secondary N) is 1. The fourth-order valence-corrected chi connectivity index (χ4v) is 7.98. The number of imide groups is 1. The minimum atomic E-state index is -3.81. The third kappa shape index (κ3) is 4.25. The number of aryl methyl sites for hydroxylation is 3. The fourth-order valence-electron chi connectivity index (χ4n) is 4.01. The predicted molar refractivity (Wildman–Crippen MR) is 129 cm³/mol. The van der Waals surface area contributed by atoms with Gasteiger partial charge in [0, 0.05) is 24.3 Å². The molecule has 2 aromatic heterocycles. The molecule has 180 valence electrons. The summed E-state index contributed by atoms with van der Waals surface area (Å²) in [6.45, 7) is 5.91. The molecule has 0 saturated heterocycles. The third-order valence-corrected chi connectivity index (χ3v) is 10.5. The van der Waals surface area contributed by atoms with Crippen LogP contribution in [0.25, 0.3) is 0 Å². The van der Waals surface area contributed by atoms with Gasteiger partial charge >= 0.3 is 11.9 Å². The second kappa shape index (κ2) is 8.11. The molecule has 3 amide bonds. The average Bonchev–Trinajstić information content (AvgIpc) is 3.11. The summed E-state index contributed by atoms with van der Waals surface area (Å²) in [6, 6.07) is -0.479. The number of hydrogen-bond donors (Lipinski definition) is 1. The molecule has 0 spiro atoms. The van der Waals surface area contributed by atoms with Crippen molar-refractivity contribution in [1.82, 2.24) is 24.4 Å². The Hall–Kier alpha value is -2.35. The molecule has 2 aliphatic heterocycles. The molecule has 10 nitrogen and oxygen atoms in total. The Morgan fingerprint density at radius 1 is 1.29 bits per heavy atom. The van der Waals surface area contributed by atoms with Gasteiger partial charge in [0.05, 0.1) is 21.8 Å². The normalized spacial score (nSPS) is 21.8. The Labute approximate surface area is 205 Å². The summed E-state index contributed by atoms with van der Waals surface area (Å²) in [4.78, 5) is 33.5. The summed E-state index contributed by atoms with van der Waals surface area (Å²) in [7, 11) is -2.05. The fraction of sp³-hybridized carbons (Fsp3) is 0.476. The van der Waals surface area contributed by atoms with Crippen LogP contribution in [0.3, 0.4) is 0 Å². The molecule has 1 atom stereocenters. The number of amides is 3. The van der Waals surface area contributed by atoms with Gasteiger partial charge in [0.25, 0.3) is 0 Å². The van der Waals surface area contributed by atoms with Crippen molar-refractivity contribution in [3.8, 4) is 0 Å². The Balaban J connectivity index is 1.54. The molecule has 34 heavy (non-hydrogen) atoms. The second-order valence-electron chi connectivity index (χ2n) is 9.13. The number of carbonyl (C=O) groups is 2. The lowest BCUT2D eigenvalue weighted by molar-refractivity contribution is -0.453. The van der Waals surface area contributed by atoms with Gasteiger partial charge in [0.15, 0.2) is 5.04 Å². The summed E-state index contributed by atoms with van der Waals surface area (Å²) in [5.74, 6) is -1.28. The molecule has 0 radical (unpaired) electrons. The lowest BCUT2D eigenvalue weighted by Crippen LogP contribution is -2.52. The standard InChI is InChI=1S/C21H25N6O4S3/c1-12-16(32-13(2)23-12)11-27-19-15(7-17(33-19)34(30,31)24-21(3)5-6-21)18(28)26(20(27)29)10-14-8-22-25(4)9-14/h7-9,15,24H,5-6,10-11H2,1-4H3/q+1. The summed E-state index contributed by atoms with van der Waals surface area (Å²) in [5.41, 5.74) is 1.08. The Kier molecular flexibility index (Phi) is 5.58. The van der Waals surface area contributed by atoms with Crippen LogP contribution >= 0.6 is 23.1 Å². The first kappa shape index (κ1) is 23.4. The van der Waals surface area contributed by atoms with Crippen molar-refractivity contribution in [3.63, 3.8) is 0 Å². The van der Waals surface area contributed by atoms with E-state index < -0.39 is 33.4 Å². The number of thioether (sulfide) groups is 1. The summed E-state index contributed by atoms with van der Waals surface area (Å²) >= 11 is 2.47.